The highest BCUT2D eigenvalue weighted by molar-refractivity contribution is 6.30. The molecular formula is C19H17ClN2O4. The molecule has 0 bridgehead atoms. The van der Waals surface area contributed by atoms with Gasteiger partial charge in [-0.1, -0.05) is 35.9 Å². The van der Waals surface area contributed by atoms with Gasteiger partial charge in [0.1, 0.15) is 11.3 Å². The molecular weight excluding hydrogens is 356 g/mol. The number of ketones is 1. The Bertz CT molecular complexity index is 881. The Hall–Kier alpha value is -2.86. The number of benzene rings is 2. The fourth-order valence-electron chi connectivity index (χ4n) is 2.85. The van der Waals surface area contributed by atoms with Crippen LogP contribution in [0.4, 0.5) is 4.79 Å². The van der Waals surface area contributed by atoms with Gasteiger partial charge in [0, 0.05) is 10.6 Å². The Morgan fingerprint density at radius 3 is 2.54 bits per heavy atom. The second kappa shape index (κ2) is 6.80. The number of urea groups is 1. The number of carbonyl (C=O) groups excluding carboxylic acids is 3. The predicted octanol–water partition coefficient (Wildman–Crippen LogP) is 3.00. The van der Waals surface area contributed by atoms with Crippen molar-refractivity contribution in [3.8, 4) is 5.75 Å². The summed E-state index contributed by atoms with van der Waals surface area (Å²) in [6.07, 6.45) is 0. The van der Waals surface area contributed by atoms with Crippen LogP contribution in [-0.4, -0.2) is 36.3 Å². The zero-order chi connectivity index (χ0) is 18.9. The van der Waals surface area contributed by atoms with Crippen LogP contribution in [0, 0.1) is 0 Å². The number of imide groups is 1. The van der Waals surface area contributed by atoms with E-state index in [9.17, 15) is 14.4 Å². The van der Waals surface area contributed by atoms with Crippen molar-refractivity contribution in [3.63, 3.8) is 0 Å². The summed E-state index contributed by atoms with van der Waals surface area (Å²) in [6.45, 7) is 1.26. The molecule has 3 rings (SSSR count). The molecule has 134 valence electrons. The molecule has 1 atom stereocenters. The Morgan fingerprint density at radius 1 is 1.19 bits per heavy atom. The van der Waals surface area contributed by atoms with Crippen LogP contribution >= 0.6 is 11.6 Å². The van der Waals surface area contributed by atoms with Crippen LogP contribution < -0.4 is 10.1 Å². The highest BCUT2D eigenvalue weighted by atomic mass is 35.5. The van der Waals surface area contributed by atoms with E-state index in [0.29, 0.717) is 21.9 Å². The summed E-state index contributed by atoms with van der Waals surface area (Å²) in [4.78, 5) is 38.6. The number of carbonyl (C=O) groups is 3. The standard InChI is InChI=1S/C19H17ClN2O4/c1-19(13-6-8-14(20)9-7-13)17(24)22(18(25)21-19)11-16(23)12-4-3-5-15(10-12)26-2/h3-10H,11H2,1-2H3,(H,21,25). The monoisotopic (exact) mass is 372 g/mol. The fourth-order valence-corrected chi connectivity index (χ4v) is 2.98. The molecule has 3 amide bonds. The first-order valence-electron chi connectivity index (χ1n) is 7.92. The minimum absolute atomic E-state index is 0.346. The van der Waals surface area contributed by atoms with Crippen molar-refractivity contribution in [1.82, 2.24) is 10.2 Å². The van der Waals surface area contributed by atoms with Crippen LogP contribution in [-0.2, 0) is 10.3 Å². The zero-order valence-electron chi connectivity index (χ0n) is 14.3. The van der Waals surface area contributed by atoms with Crippen molar-refractivity contribution in [2.45, 2.75) is 12.5 Å². The van der Waals surface area contributed by atoms with Gasteiger partial charge in [-0.05, 0) is 36.8 Å². The molecule has 1 fully saturated rings. The largest absolute Gasteiger partial charge is 0.497 e. The lowest BCUT2D eigenvalue weighted by Gasteiger charge is -2.22. The summed E-state index contributed by atoms with van der Waals surface area (Å²) in [5.74, 6) is -0.312. The third kappa shape index (κ3) is 3.15. The number of Topliss-reactive ketones (excluding diaryl/α,β-unsaturated/α-hetero) is 1. The Labute approximate surface area is 155 Å². The summed E-state index contributed by atoms with van der Waals surface area (Å²) >= 11 is 5.88. The molecule has 2 aromatic rings. The smallest absolute Gasteiger partial charge is 0.325 e. The van der Waals surface area contributed by atoms with Crippen LogP contribution in [0.2, 0.25) is 5.02 Å². The molecule has 0 radical (unpaired) electrons. The van der Waals surface area contributed by atoms with Gasteiger partial charge in [-0.3, -0.25) is 14.5 Å². The first kappa shape index (κ1) is 17.9. The quantitative estimate of drug-likeness (QED) is 0.646. The molecule has 1 unspecified atom stereocenters. The molecule has 2 aromatic carbocycles. The molecule has 26 heavy (non-hydrogen) atoms. The van der Waals surface area contributed by atoms with Crippen molar-refractivity contribution in [2.24, 2.45) is 0 Å². The normalized spacial score (nSPS) is 19.4. The van der Waals surface area contributed by atoms with Crippen LogP contribution in [0.1, 0.15) is 22.8 Å². The van der Waals surface area contributed by atoms with Crippen molar-refractivity contribution in [1.29, 1.82) is 0 Å². The molecule has 1 aliphatic rings. The minimum Gasteiger partial charge on any atom is -0.497 e. The number of rotatable bonds is 5. The van der Waals surface area contributed by atoms with Crippen LogP contribution in [0.5, 0.6) is 5.75 Å². The number of nitrogens with one attached hydrogen (secondary N) is 1. The van der Waals surface area contributed by atoms with Gasteiger partial charge in [-0.15, -0.1) is 0 Å². The number of amides is 3. The van der Waals surface area contributed by atoms with Crippen molar-refractivity contribution < 1.29 is 19.1 Å². The predicted molar refractivity (Wildman–Crippen MR) is 96.4 cm³/mol. The summed E-state index contributed by atoms with van der Waals surface area (Å²) < 4.78 is 5.09. The van der Waals surface area contributed by atoms with E-state index in [-0.39, 0.29) is 12.3 Å². The first-order valence-corrected chi connectivity index (χ1v) is 8.30. The van der Waals surface area contributed by atoms with Gasteiger partial charge in [0.15, 0.2) is 5.78 Å². The molecule has 0 spiro atoms. The van der Waals surface area contributed by atoms with Crippen molar-refractivity contribution in [3.05, 3.63) is 64.7 Å². The Morgan fingerprint density at radius 2 is 1.88 bits per heavy atom. The van der Waals surface area contributed by atoms with E-state index in [2.05, 4.69) is 5.32 Å². The van der Waals surface area contributed by atoms with Gasteiger partial charge < -0.3 is 10.1 Å². The molecule has 7 heteroatoms. The topological polar surface area (TPSA) is 75.7 Å². The number of hydrogen-bond acceptors (Lipinski definition) is 4. The van der Waals surface area contributed by atoms with E-state index in [4.69, 9.17) is 16.3 Å². The molecule has 0 aliphatic carbocycles. The SMILES string of the molecule is COc1cccc(C(=O)CN2C(=O)NC(C)(c3ccc(Cl)cc3)C2=O)c1. The van der Waals surface area contributed by atoms with Crippen molar-refractivity contribution >= 4 is 29.3 Å². The van der Waals surface area contributed by atoms with E-state index in [1.807, 2.05) is 0 Å². The molecule has 0 saturated carbocycles. The minimum atomic E-state index is -1.24. The number of hydrogen-bond donors (Lipinski definition) is 1. The number of halogens is 1. The molecule has 1 heterocycles. The maximum absolute atomic E-state index is 12.8. The molecule has 1 saturated heterocycles. The van der Waals surface area contributed by atoms with Gasteiger partial charge in [-0.25, -0.2) is 4.79 Å². The fraction of sp³-hybridized carbons (Fsp3) is 0.211. The van der Waals surface area contributed by atoms with Crippen LogP contribution in [0.3, 0.4) is 0 Å². The van der Waals surface area contributed by atoms with Crippen LogP contribution in [0.25, 0.3) is 0 Å². The van der Waals surface area contributed by atoms with Gasteiger partial charge >= 0.3 is 6.03 Å². The number of methoxy groups -OCH3 is 1. The lowest BCUT2D eigenvalue weighted by Crippen LogP contribution is -2.41. The van der Waals surface area contributed by atoms with Crippen LogP contribution in [0.15, 0.2) is 48.5 Å². The molecule has 0 aromatic heterocycles. The average Bonchev–Trinajstić information content (AvgIpc) is 2.86. The second-order valence-electron chi connectivity index (χ2n) is 6.11. The molecule has 6 nitrogen and oxygen atoms in total. The zero-order valence-corrected chi connectivity index (χ0v) is 15.0. The van der Waals surface area contributed by atoms with Gasteiger partial charge in [0.05, 0.1) is 13.7 Å². The third-order valence-electron chi connectivity index (χ3n) is 4.39. The second-order valence-corrected chi connectivity index (χ2v) is 6.54. The molecule has 1 aliphatic heterocycles. The summed E-state index contributed by atoms with van der Waals surface area (Å²) in [5, 5.41) is 3.19. The summed E-state index contributed by atoms with van der Waals surface area (Å²) in [7, 11) is 1.50. The highest BCUT2D eigenvalue weighted by Gasteiger charge is 2.49. The maximum atomic E-state index is 12.8. The summed E-state index contributed by atoms with van der Waals surface area (Å²) in [5.41, 5.74) is -0.280. The maximum Gasteiger partial charge on any atom is 0.325 e. The van der Waals surface area contributed by atoms with Gasteiger partial charge in [-0.2, -0.15) is 0 Å². The third-order valence-corrected chi connectivity index (χ3v) is 4.64. The van der Waals surface area contributed by atoms with Gasteiger partial charge in [0.25, 0.3) is 5.91 Å². The lowest BCUT2D eigenvalue weighted by atomic mass is 9.92. The Kier molecular flexibility index (Phi) is 4.70. The van der Waals surface area contributed by atoms with E-state index in [1.54, 1.807) is 55.5 Å². The van der Waals surface area contributed by atoms with Crippen molar-refractivity contribution in [2.75, 3.05) is 13.7 Å². The van der Waals surface area contributed by atoms with Gasteiger partial charge in [0.2, 0.25) is 0 Å². The summed E-state index contributed by atoms with van der Waals surface area (Å²) in [6, 6.07) is 12.6. The van der Waals surface area contributed by atoms with E-state index in [1.165, 1.54) is 7.11 Å². The van der Waals surface area contributed by atoms with E-state index < -0.39 is 17.5 Å². The highest BCUT2D eigenvalue weighted by Crippen LogP contribution is 2.29. The Balaban J connectivity index is 1.82. The van der Waals surface area contributed by atoms with E-state index >= 15 is 0 Å². The first-order chi connectivity index (χ1) is 12.3. The number of ether oxygens (including phenoxy) is 1. The average molecular weight is 373 g/mol. The molecule has 1 N–H and O–H groups in total. The number of nitrogens with zero attached hydrogens (tertiary/aromatic N) is 1. The lowest BCUT2D eigenvalue weighted by molar-refractivity contribution is -0.130. The van der Waals surface area contributed by atoms with E-state index in [0.717, 1.165) is 4.90 Å².